The molecule has 0 aliphatic carbocycles. The van der Waals surface area contributed by atoms with Crippen molar-refractivity contribution in [2.24, 2.45) is 0 Å². The summed E-state index contributed by atoms with van der Waals surface area (Å²) in [6.07, 6.45) is 1.06. The van der Waals surface area contributed by atoms with Gasteiger partial charge in [-0.05, 0) is 10.4 Å². The third kappa shape index (κ3) is 1.87. The van der Waals surface area contributed by atoms with E-state index in [9.17, 15) is 8.78 Å². The van der Waals surface area contributed by atoms with Crippen LogP contribution in [-0.4, -0.2) is 0 Å². The van der Waals surface area contributed by atoms with Gasteiger partial charge < -0.3 is 0 Å². The maximum atomic E-state index is 12.7. The molecule has 2 heteroatoms. The fraction of sp³-hybridized carbons (Fsp3) is 0. The lowest BCUT2D eigenvalue weighted by atomic mass is 10.1. The van der Waals surface area contributed by atoms with Crippen LogP contribution in [-0.2, 0) is 0 Å². The first-order valence-electron chi connectivity index (χ1n) is 4.92. The van der Waals surface area contributed by atoms with Gasteiger partial charge in [0.2, 0.25) is 0 Å². The molecule has 0 atom stereocenters. The minimum atomic E-state index is 0.455. The fourth-order valence-electron chi connectivity index (χ4n) is 1.67. The molecule has 0 saturated heterocycles. The Kier molecular flexibility index (Phi) is 3.10. The molecule has 2 aromatic carbocycles. The molecule has 0 unspecified atom stereocenters. The second-order valence-corrected chi connectivity index (χ2v) is 3.39. The highest BCUT2D eigenvalue weighted by molar-refractivity contribution is 5.25. The van der Waals surface area contributed by atoms with Crippen molar-refractivity contribution < 1.29 is 8.78 Å². The first kappa shape index (κ1) is 10.6. The van der Waals surface area contributed by atoms with E-state index in [0.717, 1.165) is 0 Å². The topological polar surface area (TPSA) is 0 Å². The van der Waals surface area contributed by atoms with Crippen LogP contribution in [0.15, 0.2) is 48.5 Å². The Balaban J connectivity index is 3.16. The first-order chi connectivity index (χ1) is 7.86. The molecule has 0 saturated carbocycles. The zero-order valence-electron chi connectivity index (χ0n) is 8.53. The molecule has 16 heavy (non-hydrogen) atoms. The molecule has 0 heterocycles. The largest absolute Gasteiger partial charge is 0.215 e. The molecule has 0 aliphatic heterocycles. The van der Waals surface area contributed by atoms with E-state index < -0.39 is 0 Å². The lowest BCUT2D eigenvalue weighted by Gasteiger charge is -1.91. The minimum absolute atomic E-state index is 0.455. The van der Waals surface area contributed by atoms with Crippen molar-refractivity contribution in [1.29, 1.82) is 0 Å². The van der Waals surface area contributed by atoms with Crippen LogP contribution in [0.3, 0.4) is 0 Å². The normalized spacial score (nSPS) is 15.4. The smallest absolute Gasteiger partial charge is 0.0945 e. The van der Waals surface area contributed by atoms with Crippen LogP contribution in [0, 0.1) is 10.4 Å². The summed E-state index contributed by atoms with van der Waals surface area (Å²) in [4.78, 5) is 0. The summed E-state index contributed by atoms with van der Waals surface area (Å²) in [5, 5.41) is 2.29. The number of hydrogen-bond donors (Lipinski definition) is 0. The Morgan fingerprint density at radius 3 is 1.38 bits per heavy atom. The Bertz CT molecular complexity index is 626. The summed E-state index contributed by atoms with van der Waals surface area (Å²) in [7, 11) is 0. The Hall–Kier alpha value is -1.96. The number of rotatable bonds is 0. The molecular weight excluding hydrogens is 206 g/mol. The third-order valence-electron chi connectivity index (χ3n) is 2.45. The van der Waals surface area contributed by atoms with Crippen LogP contribution in [0.2, 0.25) is 0 Å². The van der Waals surface area contributed by atoms with E-state index in [1.54, 1.807) is 48.5 Å². The molecule has 0 fully saturated rings. The highest BCUT2D eigenvalue weighted by atomic mass is 19.1. The van der Waals surface area contributed by atoms with Crippen molar-refractivity contribution in [1.82, 2.24) is 0 Å². The minimum Gasteiger partial charge on any atom is -0.215 e. The fourth-order valence-corrected chi connectivity index (χ4v) is 1.67. The predicted molar refractivity (Wildman–Crippen MR) is 61.0 cm³/mol. The third-order valence-corrected chi connectivity index (χ3v) is 2.45. The van der Waals surface area contributed by atoms with E-state index in [-0.39, 0.29) is 0 Å². The van der Waals surface area contributed by atoms with E-state index in [1.165, 1.54) is 0 Å². The van der Waals surface area contributed by atoms with Crippen molar-refractivity contribution >= 4 is 12.7 Å². The SMILES string of the molecule is FC=c1ccccc1=c1ccccc1=CF. The zero-order valence-corrected chi connectivity index (χ0v) is 8.53. The van der Waals surface area contributed by atoms with Gasteiger partial charge in [-0.15, -0.1) is 0 Å². The van der Waals surface area contributed by atoms with E-state index >= 15 is 0 Å². The Morgan fingerprint density at radius 1 is 0.625 bits per heavy atom. The zero-order chi connectivity index (χ0) is 11.4. The van der Waals surface area contributed by atoms with Gasteiger partial charge in [0, 0.05) is 10.4 Å². The van der Waals surface area contributed by atoms with E-state index in [2.05, 4.69) is 0 Å². The molecule has 0 bridgehead atoms. The van der Waals surface area contributed by atoms with Crippen molar-refractivity contribution in [2.75, 3.05) is 0 Å². The standard InChI is InChI=1S/C14H10F2/c15-9-11-5-1-3-7-13(11)14-8-4-2-6-12(14)10-16/h1-10H. The average Bonchev–Trinajstić information content (AvgIpc) is 2.38. The molecule has 80 valence electrons. The highest BCUT2D eigenvalue weighted by Crippen LogP contribution is 1.90. The van der Waals surface area contributed by atoms with Gasteiger partial charge in [0.15, 0.2) is 0 Å². The van der Waals surface area contributed by atoms with Gasteiger partial charge in [0.25, 0.3) is 0 Å². The summed E-state index contributed by atoms with van der Waals surface area (Å²) in [6, 6.07) is 14.0. The van der Waals surface area contributed by atoms with Crippen molar-refractivity contribution in [3.63, 3.8) is 0 Å². The van der Waals surface area contributed by atoms with Crippen LogP contribution in [0.4, 0.5) is 8.78 Å². The van der Waals surface area contributed by atoms with E-state index in [1.807, 2.05) is 0 Å². The molecule has 2 aromatic rings. The molecule has 0 nitrogen and oxygen atoms in total. The van der Waals surface area contributed by atoms with Crippen molar-refractivity contribution in [2.45, 2.75) is 0 Å². The van der Waals surface area contributed by atoms with Gasteiger partial charge in [-0.1, -0.05) is 48.5 Å². The predicted octanol–water partition coefficient (Wildman–Crippen LogP) is 2.39. The second-order valence-electron chi connectivity index (χ2n) is 3.39. The monoisotopic (exact) mass is 216 g/mol. The number of hydrogen-bond acceptors (Lipinski definition) is 0. The maximum absolute atomic E-state index is 12.7. The summed E-state index contributed by atoms with van der Waals surface area (Å²) in [5.74, 6) is 0. The van der Waals surface area contributed by atoms with Gasteiger partial charge in [-0.2, -0.15) is 0 Å². The second kappa shape index (κ2) is 4.71. The van der Waals surface area contributed by atoms with Crippen LogP contribution in [0.5, 0.6) is 0 Å². The molecule has 0 aliphatic rings. The maximum Gasteiger partial charge on any atom is 0.0945 e. The average molecular weight is 216 g/mol. The summed E-state index contributed by atoms with van der Waals surface area (Å²) in [6.45, 7) is 0. The molecular formula is C14H10F2. The van der Waals surface area contributed by atoms with Crippen LogP contribution >= 0.6 is 0 Å². The molecule has 2 rings (SSSR count). The van der Waals surface area contributed by atoms with Gasteiger partial charge in [-0.25, -0.2) is 8.78 Å². The quantitative estimate of drug-likeness (QED) is 0.634. The van der Waals surface area contributed by atoms with Gasteiger partial charge in [0.1, 0.15) is 0 Å². The Labute approximate surface area is 91.5 Å². The van der Waals surface area contributed by atoms with Gasteiger partial charge in [-0.3, -0.25) is 0 Å². The number of halogens is 2. The first-order valence-corrected chi connectivity index (χ1v) is 4.92. The van der Waals surface area contributed by atoms with Crippen LogP contribution in [0.25, 0.3) is 12.7 Å². The van der Waals surface area contributed by atoms with Crippen LogP contribution < -0.4 is 10.4 Å². The lowest BCUT2D eigenvalue weighted by Crippen LogP contribution is -2.07. The van der Waals surface area contributed by atoms with Crippen LogP contribution in [0.1, 0.15) is 0 Å². The van der Waals surface area contributed by atoms with Crippen molar-refractivity contribution in [3.8, 4) is 0 Å². The lowest BCUT2D eigenvalue weighted by molar-refractivity contribution is 0.794. The molecule has 0 spiro atoms. The molecule has 0 aromatic heterocycles. The summed E-state index contributed by atoms with van der Waals surface area (Å²) in [5.41, 5.74) is 0. The summed E-state index contributed by atoms with van der Waals surface area (Å²) >= 11 is 0. The van der Waals surface area contributed by atoms with E-state index in [4.69, 9.17) is 0 Å². The van der Waals surface area contributed by atoms with Gasteiger partial charge in [0.05, 0.1) is 12.7 Å². The molecule has 0 radical (unpaired) electrons. The highest BCUT2D eigenvalue weighted by Gasteiger charge is 1.89. The van der Waals surface area contributed by atoms with Crippen molar-refractivity contribution in [3.05, 3.63) is 69.4 Å². The Morgan fingerprint density at radius 2 is 1.00 bits per heavy atom. The molecule has 0 N–H and O–H groups in total. The summed E-state index contributed by atoms with van der Waals surface area (Å²) < 4.78 is 25.4. The number of benzene rings is 2. The molecule has 0 amide bonds. The van der Waals surface area contributed by atoms with E-state index in [0.29, 0.717) is 33.5 Å². The van der Waals surface area contributed by atoms with Gasteiger partial charge >= 0.3 is 0 Å².